The molecule has 7 heteroatoms. The fourth-order valence-electron chi connectivity index (χ4n) is 3.65. The zero-order valence-corrected chi connectivity index (χ0v) is 18.0. The van der Waals surface area contributed by atoms with E-state index in [1.165, 1.54) is 10.4 Å². The van der Waals surface area contributed by atoms with Gasteiger partial charge in [-0.25, -0.2) is 8.42 Å². The third-order valence-corrected chi connectivity index (χ3v) is 7.28. The van der Waals surface area contributed by atoms with Gasteiger partial charge in [-0.1, -0.05) is 54.6 Å². The van der Waals surface area contributed by atoms with Gasteiger partial charge in [0, 0.05) is 44.0 Å². The van der Waals surface area contributed by atoms with E-state index in [-0.39, 0.29) is 10.8 Å². The second kappa shape index (κ2) is 9.32. The molecule has 3 aromatic carbocycles. The average molecular weight is 436 g/mol. The smallest absolute Gasteiger partial charge is 0.251 e. The fraction of sp³-hybridized carbons (Fsp3) is 0.208. The summed E-state index contributed by atoms with van der Waals surface area (Å²) >= 11 is 0. The molecule has 0 unspecified atom stereocenters. The van der Waals surface area contributed by atoms with E-state index in [1.54, 1.807) is 18.2 Å². The highest BCUT2D eigenvalue weighted by molar-refractivity contribution is 7.89. The van der Waals surface area contributed by atoms with Crippen LogP contribution in [0.4, 0.5) is 5.69 Å². The van der Waals surface area contributed by atoms with Gasteiger partial charge in [-0.3, -0.25) is 4.79 Å². The molecule has 0 saturated carbocycles. The van der Waals surface area contributed by atoms with E-state index < -0.39 is 10.0 Å². The van der Waals surface area contributed by atoms with Crippen molar-refractivity contribution in [3.63, 3.8) is 0 Å². The van der Waals surface area contributed by atoms with Crippen molar-refractivity contribution in [1.82, 2.24) is 9.62 Å². The highest BCUT2D eigenvalue weighted by atomic mass is 32.2. The van der Waals surface area contributed by atoms with Crippen LogP contribution >= 0.6 is 0 Å². The molecule has 1 N–H and O–H groups in total. The summed E-state index contributed by atoms with van der Waals surface area (Å²) in [4.78, 5) is 14.9. The van der Waals surface area contributed by atoms with Crippen molar-refractivity contribution in [2.45, 2.75) is 11.4 Å². The number of sulfonamides is 1. The van der Waals surface area contributed by atoms with E-state index in [1.807, 2.05) is 60.7 Å². The molecule has 4 rings (SSSR count). The molecule has 0 bridgehead atoms. The summed E-state index contributed by atoms with van der Waals surface area (Å²) in [5.74, 6) is -0.296. The SMILES string of the molecule is O=C(NCc1ccccc1)c1cccc(S(=O)(=O)N2CCN(c3ccccc3)CC2)c1. The van der Waals surface area contributed by atoms with E-state index in [0.717, 1.165) is 11.3 Å². The van der Waals surface area contributed by atoms with Crippen LogP contribution in [0.2, 0.25) is 0 Å². The first-order valence-electron chi connectivity index (χ1n) is 10.3. The average Bonchev–Trinajstić information content (AvgIpc) is 2.84. The van der Waals surface area contributed by atoms with Gasteiger partial charge >= 0.3 is 0 Å². The molecule has 3 aromatic rings. The number of benzene rings is 3. The molecule has 0 aliphatic carbocycles. The number of carbonyl (C=O) groups is 1. The Balaban J connectivity index is 1.42. The molecule has 1 saturated heterocycles. The number of anilines is 1. The van der Waals surface area contributed by atoms with Crippen LogP contribution in [0.25, 0.3) is 0 Å². The maximum atomic E-state index is 13.2. The van der Waals surface area contributed by atoms with Gasteiger partial charge < -0.3 is 10.2 Å². The van der Waals surface area contributed by atoms with Crippen molar-refractivity contribution >= 4 is 21.6 Å². The summed E-state index contributed by atoms with van der Waals surface area (Å²) in [6, 6.07) is 25.8. The molecule has 0 aromatic heterocycles. The highest BCUT2D eigenvalue weighted by Crippen LogP contribution is 2.21. The van der Waals surface area contributed by atoms with Crippen LogP contribution in [-0.2, 0) is 16.6 Å². The van der Waals surface area contributed by atoms with Gasteiger partial charge in [-0.15, -0.1) is 0 Å². The Kier molecular flexibility index (Phi) is 6.34. The van der Waals surface area contributed by atoms with Crippen LogP contribution in [0.1, 0.15) is 15.9 Å². The van der Waals surface area contributed by atoms with Crippen LogP contribution in [-0.4, -0.2) is 44.8 Å². The van der Waals surface area contributed by atoms with E-state index in [9.17, 15) is 13.2 Å². The highest BCUT2D eigenvalue weighted by Gasteiger charge is 2.29. The first-order chi connectivity index (χ1) is 15.0. The fourth-order valence-corrected chi connectivity index (χ4v) is 5.12. The van der Waals surface area contributed by atoms with Crippen molar-refractivity contribution in [3.8, 4) is 0 Å². The number of amides is 1. The summed E-state index contributed by atoms with van der Waals surface area (Å²) in [6.45, 7) is 2.45. The Morgan fingerprint density at radius 1 is 0.806 bits per heavy atom. The van der Waals surface area contributed by atoms with Crippen molar-refractivity contribution in [3.05, 3.63) is 96.1 Å². The molecular weight excluding hydrogens is 410 g/mol. The lowest BCUT2D eigenvalue weighted by Gasteiger charge is -2.35. The monoisotopic (exact) mass is 435 g/mol. The predicted molar refractivity (Wildman–Crippen MR) is 121 cm³/mol. The molecular formula is C24H25N3O3S. The Morgan fingerprint density at radius 3 is 2.13 bits per heavy atom. The first kappa shape index (κ1) is 21.1. The second-order valence-corrected chi connectivity index (χ2v) is 9.36. The summed E-state index contributed by atoms with van der Waals surface area (Å²) in [6.07, 6.45) is 0. The van der Waals surface area contributed by atoms with Crippen LogP contribution in [0, 0.1) is 0 Å². The van der Waals surface area contributed by atoms with Gasteiger partial charge in [0.1, 0.15) is 0 Å². The molecule has 1 aliphatic heterocycles. The normalized spacial score (nSPS) is 14.9. The molecule has 31 heavy (non-hydrogen) atoms. The van der Waals surface area contributed by atoms with Crippen LogP contribution in [0.3, 0.4) is 0 Å². The number of carbonyl (C=O) groups excluding carboxylic acids is 1. The number of hydrogen-bond acceptors (Lipinski definition) is 4. The van der Waals surface area contributed by atoms with Crippen molar-refractivity contribution in [2.24, 2.45) is 0 Å². The van der Waals surface area contributed by atoms with Crippen LogP contribution < -0.4 is 10.2 Å². The molecule has 0 spiro atoms. The zero-order chi connectivity index (χ0) is 21.7. The summed E-state index contributed by atoms with van der Waals surface area (Å²) < 4.78 is 27.8. The van der Waals surface area contributed by atoms with Gasteiger partial charge in [-0.05, 0) is 35.9 Å². The lowest BCUT2D eigenvalue weighted by atomic mass is 10.2. The Morgan fingerprint density at radius 2 is 1.45 bits per heavy atom. The number of rotatable bonds is 6. The Hall–Kier alpha value is -3.16. The third-order valence-electron chi connectivity index (χ3n) is 5.39. The minimum absolute atomic E-state index is 0.146. The third kappa shape index (κ3) is 4.95. The van der Waals surface area contributed by atoms with E-state index >= 15 is 0 Å². The molecule has 1 aliphatic rings. The Bertz CT molecular complexity index is 1130. The van der Waals surface area contributed by atoms with E-state index in [0.29, 0.717) is 38.3 Å². The standard InChI is InChI=1S/C24H25N3O3S/c28-24(25-19-20-8-3-1-4-9-20)21-10-7-13-23(18-21)31(29,30)27-16-14-26(15-17-27)22-11-5-2-6-12-22/h1-13,18H,14-17,19H2,(H,25,28). The topological polar surface area (TPSA) is 69.7 Å². The Labute approximate surface area is 183 Å². The summed E-state index contributed by atoms with van der Waals surface area (Å²) in [5, 5.41) is 2.84. The molecule has 1 amide bonds. The van der Waals surface area contributed by atoms with Crippen molar-refractivity contribution < 1.29 is 13.2 Å². The van der Waals surface area contributed by atoms with Gasteiger partial charge in [0.05, 0.1) is 4.90 Å². The minimum Gasteiger partial charge on any atom is -0.369 e. The molecule has 0 radical (unpaired) electrons. The molecule has 160 valence electrons. The predicted octanol–water partition coefficient (Wildman–Crippen LogP) is 3.13. The summed E-state index contributed by atoms with van der Waals surface area (Å²) in [7, 11) is -3.66. The number of piperazine rings is 1. The number of hydrogen-bond donors (Lipinski definition) is 1. The second-order valence-electron chi connectivity index (χ2n) is 7.42. The van der Waals surface area contributed by atoms with Crippen molar-refractivity contribution in [1.29, 1.82) is 0 Å². The number of nitrogens with one attached hydrogen (secondary N) is 1. The van der Waals surface area contributed by atoms with Crippen LogP contribution in [0.15, 0.2) is 89.8 Å². The molecule has 6 nitrogen and oxygen atoms in total. The maximum Gasteiger partial charge on any atom is 0.251 e. The molecule has 0 atom stereocenters. The molecule has 1 heterocycles. The zero-order valence-electron chi connectivity index (χ0n) is 17.1. The largest absolute Gasteiger partial charge is 0.369 e. The first-order valence-corrected chi connectivity index (χ1v) is 11.7. The van der Waals surface area contributed by atoms with E-state index in [4.69, 9.17) is 0 Å². The van der Waals surface area contributed by atoms with Gasteiger partial charge in [0.15, 0.2) is 0 Å². The number of para-hydroxylation sites is 1. The van der Waals surface area contributed by atoms with Gasteiger partial charge in [-0.2, -0.15) is 4.31 Å². The lowest BCUT2D eigenvalue weighted by Crippen LogP contribution is -2.48. The van der Waals surface area contributed by atoms with E-state index in [2.05, 4.69) is 10.2 Å². The maximum absolute atomic E-state index is 13.2. The van der Waals surface area contributed by atoms with Gasteiger partial charge in [0.25, 0.3) is 5.91 Å². The minimum atomic E-state index is -3.66. The lowest BCUT2D eigenvalue weighted by molar-refractivity contribution is 0.0950. The van der Waals surface area contributed by atoms with Crippen LogP contribution in [0.5, 0.6) is 0 Å². The quantitative estimate of drug-likeness (QED) is 0.646. The van der Waals surface area contributed by atoms with Gasteiger partial charge in [0.2, 0.25) is 10.0 Å². The summed E-state index contributed by atoms with van der Waals surface area (Å²) in [5.41, 5.74) is 2.41. The molecule has 1 fully saturated rings. The van der Waals surface area contributed by atoms with Crippen molar-refractivity contribution in [2.75, 3.05) is 31.1 Å². The number of nitrogens with zero attached hydrogens (tertiary/aromatic N) is 2.